The average Bonchev–Trinajstić information content (AvgIpc) is 3.12. The molecule has 0 radical (unpaired) electrons. The summed E-state index contributed by atoms with van der Waals surface area (Å²) in [5, 5.41) is 3.11. The van der Waals surface area contributed by atoms with Crippen LogP contribution in [-0.2, 0) is 21.2 Å². The van der Waals surface area contributed by atoms with Gasteiger partial charge in [-0.05, 0) is 42.3 Å². The summed E-state index contributed by atoms with van der Waals surface area (Å²) in [4.78, 5) is 14.4. The van der Waals surface area contributed by atoms with Crippen molar-refractivity contribution >= 4 is 39.1 Å². The molecular weight excluding hydrogens is 442 g/mol. The molecule has 31 heavy (non-hydrogen) atoms. The molecule has 1 N–H and O–H groups in total. The Balaban J connectivity index is 1.48. The van der Waals surface area contributed by atoms with E-state index < -0.39 is 10.0 Å². The van der Waals surface area contributed by atoms with E-state index in [-0.39, 0.29) is 17.2 Å². The van der Waals surface area contributed by atoms with Gasteiger partial charge in [-0.25, -0.2) is 0 Å². The third-order valence-electron chi connectivity index (χ3n) is 5.00. The lowest BCUT2D eigenvalue weighted by Gasteiger charge is -2.20. The highest BCUT2D eigenvalue weighted by Gasteiger charge is 2.21. The Kier molecular flexibility index (Phi) is 6.06. The van der Waals surface area contributed by atoms with Crippen molar-refractivity contribution in [3.63, 3.8) is 0 Å². The van der Waals surface area contributed by atoms with Gasteiger partial charge in [0.05, 0.1) is 16.3 Å². The van der Waals surface area contributed by atoms with Gasteiger partial charge >= 0.3 is 0 Å². The van der Waals surface area contributed by atoms with Crippen molar-refractivity contribution in [2.45, 2.75) is 24.2 Å². The molecule has 4 rings (SSSR count). The molecule has 164 valence electrons. The van der Waals surface area contributed by atoms with Crippen LogP contribution in [0.4, 0.5) is 5.69 Å². The zero-order valence-electron chi connectivity index (χ0n) is 16.9. The molecule has 2 aliphatic rings. The quantitative estimate of drug-likeness (QED) is 0.731. The molecule has 1 fully saturated rings. The van der Waals surface area contributed by atoms with Gasteiger partial charge in [0.1, 0.15) is 19.0 Å². The van der Waals surface area contributed by atoms with Crippen LogP contribution in [0.1, 0.15) is 18.4 Å². The van der Waals surface area contributed by atoms with Crippen molar-refractivity contribution in [3.05, 3.63) is 47.0 Å². The molecule has 0 spiro atoms. The molecule has 1 amide bonds. The minimum Gasteiger partial charge on any atom is -0.486 e. The Bertz CT molecular complexity index is 1150. The van der Waals surface area contributed by atoms with Crippen LogP contribution >= 0.6 is 11.6 Å². The molecule has 2 aromatic rings. The van der Waals surface area contributed by atoms with Crippen LogP contribution in [-0.4, -0.2) is 51.9 Å². The lowest BCUT2D eigenvalue weighted by molar-refractivity contribution is -0.115. The van der Waals surface area contributed by atoms with Gasteiger partial charge in [-0.1, -0.05) is 17.7 Å². The molecular formula is C21H22ClN3O5S. The highest BCUT2D eigenvalue weighted by molar-refractivity contribution is 7.90. The smallest absolute Gasteiger partial charge is 0.284 e. The highest BCUT2D eigenvalue weighted by Crippen LogP contribution is 2.38. The van der Waals surface area contributed by atoms with Crippen LogP contribution in [0.3, 0.4) is 0 Å². The van der Waals surface area contributed by atoms with Crippen molar-refractivity contribution < 1.29 is 22.7 Å². The molecule has 0 unspecified atom stereocenters. The number of nitrogens with one attached hydrogen (secondary N) is 1. The van der Waals surface area contributed by atoms with E-state index >= 15 is 0 Å². The fourth-order valence-corrected chi connectivity index (χ4v) is 4.92. The number of amides is 1. The predicted octanol–water partition coefficient (Wildman–Crippen LogP) is 3.11. The number of halogens is 1. The molecule has 8 nitrogen and oxygen atoms in total. The highest BCUT2D eigenvalue weighted by atomic mass is 35.5. The number of ether oxygens (including phenoxy) is 2. The first-order valence-electron chi connectivity index (χ1n) is 9.85. The maximum absolute atomic E-state index is 12.7. The zero-order valence-corrected chi connectivity index (χ0v) is 18.5. The summed E-state index contributed by atoms with van der Waals surface area (Å²) in [5.74, 6) is 1.21. The number of benzene rings is 2. The van der Waals surface area contributed by atoms with Crippen LogP contribution in [0.5, 0.6) is 11.5 Å². The van der Waals surface area contributed by atoms with Crippen molar-refractivity contribution in [1.29, 1.82) is 0 Å². The van der Waals surface area contributed by atoms with E-state index in [0.29, 0.717) is 53.2 Å². The Morgan fingerprint density at radius 1 is 1.23 bits per heavy atom. The second-order valence-corrected chi connectivity index (χ2v) is 9.37. The number of hydrogen-bond donors (Lipinski definition) is 1. The third-order valence-corrected chi connectivity index (χ3v) is 6.58. The first-order chi connectivity index (χ1) is 14.8. The number of amidine groups is 1. The Hall–Kier alpha value is -2.78. The van der Waals surface area contributed by atoms with E-state index in [1.165, 1.54) is 12.1 Å². The number of fused-ring (bicyclic) bond motifs is 1. The van der Waals surface area contributed by atoms with Gasteiger partial charge in [0.25, 0.3) is 10.0 Å². The number of sulfonamides is 1. The summed E-state index contributed by atoms with van der Waals surface area (Å²) >= 11 is 6.22. The number of carbonyl (C=O) groups excluding carboxylic acids is 1. The largest absolute Gasteiger partial charge is 0.486 e. The Morgan fingerprint density at radius 3 is 2.81 bits per heavy atom. The van der Waals surface area contributed by atoms with E-state index in [1.54, 1.807) is 24.3 Å². The van der Waals surface area contributed by atoms with Gasteiger partial charge in [-0.2, -0.15) is 8.42 Å². The normalized spacial score (nSPS) is 17.1. The first-order valence-corrected chi connectivity index (χ1v) is 11.7. The Morgan fingerprint density at radius 2 is 2.03 bits per heavy atom. The van der Waals surface area contributed by atoms with Crippen LogP contribution in [0, 0.1) is 0 Å². The lowest BCUT2D eigenvalue weighted by Crippen LogP contribution is -2.20. The van der Waals surface area contributed by atoms with Crippen LogP contribution in [0.25, 0.3) is 0 Å². The van der Waals surface area contributed by atoms with E-state index in [2.05, 4.69) is 9.71 Å². The molecule has 0 saturated carbocycles. The van der Waals surface area contributed by atoms with E-state index in [0.717, 1.165) is 13.0 Å². The van der Waals surface area contributed by atoms with Crippen molar-refractivity contribution in [2.24, 2.45) is 4.40 Å². The third kappa shape index (κ3) is 4.94. The standard InChI is InChI=1S/C21H22ClN3O5S/c1-25-7-3-6-19(25)24-31(27,28)16-5-2-4-15(13-16)23-20(26)12-14-10-17(22)21-18(11-14)29-8-9-30-21/h2,4-5,10-11,13H,3,6-9,12H2,1H3,(H,23,26). The fraction of sp³-hybridized carbons (Fsp3) is 0.333. The second kappa shape index (κ2) is 8.76. The van der Waals surface area contributed by atoms with Gasteiger partial charge < -0.3 is 19.7 Å². The van der Waals surface area contributed by atoms with Gasteiger partial charge in [0.15, 0.2) is 11.5 Å². The van der Waals surface area contributed by atoms with Gasteiger partial charge in [-0.15, -0.1) is 4.40 Å². The molecule has 10 heteroatoms. The number of carbonyl (C=O) groups is 1. The van der Waals surface area contributed by atoms with Crippen LogP contribution < -0.4 is 14.8 Å². The Labute approximate surface area is 185 Å². The summed E-state index contributed by atoms with van der Waals surface area (Å²) in [6, 6.07) is 9.44. The molecule has 2 aromatic carbocycles. The monoisotopic (exact) mass is 463 g/mol. The first kappa shape index (κ1) is 21.5. The maximum atomic E-state index is 12.7. The van der Waals surface area contributed by atoms with Crippen molar-refractivity contribution in [1.82, 2.24) is 4.90 Å². The average molecular weight is 464 g/mol. The fourth-order valence-electron chi connectivity index (χ4n) is 3.49. The van der Waals surface area contributed by atoms with Gasteiger partial charge in [0.2, 0.25) is 5.91 Å². The minimum absolute atomic E-state index is 0.0282. The summed E-state index contributed by atoms with van der Waals surface area (Å²) in [7, 11) is -2.04. The van der Waals surface area contributed by atoms with Crippen LogP contribution in [0.2, 0.25) is 5.02 Å². The van der Waals surface area contributed by atoms with E-state index in [9.17, 15) is 13.2 Å². The minimum atomic E-state index is -3.86. The van der Waals surface area contributed by atoms with Crippen molar-refractivity contribution in [3.8, 4) is 11.5 Å². The molecule has 0 atom stereocenters. The zero-order chi connectivity index (χ0) is 22.0. The number of hydrogen-bond acceptors (Lipinski definition) is 5. The summed E-state index contributed by atoms with van der Waals surface area (Å²) < 4.78 is 40.3. The molecule has 0 aliphatic carbocycles. The summed E-state index contributed by atoms with van der Waals surface area (Å²) in [6.07, 6.45) is 1.55. The second-order valence-electron chi connectivity index (χ2n) is 7.36. The summed E-state index contributed by atoms with van der Waals surface area (Å²) in [5.41, 5.74) is 1.03. The number of rotatable bonds is 5. The molecule has 1 saturated heterocycles. The van der Waals surface area contributed by atoms with Gasteiger partial charge in [0, 0.05) is 25.7 Å². The SMILES string of the molecule is CN1CCCC1=NS(=O)(=O)c1cccc(NC(=O)Cc2cc(Cl)c3c(c2)OCCO3)c1. The summed E-state index contributed by atoms with van der Waals surface area (Å²) in [6.45, 7) is 1.63. The van der Waals surface area contributed by atoms with E-state index in [4.69, 9.17) is 21.1 Å². The molecule has 2 heterocycles. The lowest BCUT2D eigenvalue weighted by atomic mass is 10.1. The molecule has 2 aliphatic heterocycles. The molecule has 0 bridgehead atoms. The molecule has 0 aromatic heterocycles. The van der Waals surface area contributed by atoms with E-state index in [1.807, 2.05) is 11.9 Å². The van der Waals surface area contributed by atoms with Gasteiger partial charge in [-0.3, -0.25) is 4.79 Å². The predicted molar refractivity (Wildman–Crippen MR) is 118 cm³/mol. The van der Waals surface area contributed by atoms with Crippen LogP contribution in [0.15, 0.2) is 45.7 Å². The topological polar surface area (TPSA) is 97.3 Å². The maximum Gasteiger partial charge on any atom is 0.284 e. The number of nitrogens with zero attached hydrogens (tertiary/aromatic N) is 2. The number of likely N-dealkylation sites (tertiary alicyclic amines) is 1. The van der Waals surface area contributed by atoms with Crippen molar-refractivity contribution in [2.75, 3.05) is 32.1 Å². The number of anilines is 1.